The Labute approximate surface area is 142 Å². The van der Waals surface area contributed by atoms with E-state index >= 15 is 0 Å². The van der Waals surface area contributed by atoms with Crippen LogP contribution < -0.4 is 20.5 Å². The van der Waals surface area contributed by atoms with Gasteiger partial charge in [0.15, 0.2) is 11.5 Å². The quantitative estimate of drug-likeness (QED) is 0.766. The first kappa shape index (κ1) is 17.7. The Morgan fingerprint density at radius 1 is 1.12 bits per heavy atom. The fourth-order valence-corrected chi connectivity index (χ4v) is 2.53. The molecule has 0 aromatic heterocycles. The minimum Gasteiger partial charge on any atom is -0.493 e. The highest BCUT2D eigenvalue weighted by Gasteiger charge is 2.13. The summed E-state index contributed by atoms with van der Waals surface area (Å²) < 4.78 is 10.5. The van der Waals surface area contributed by atoms with Gasteiger partial charge in [0.05, 0.1) is 20.3 Å². The van der Waals surface area contributed by atoms with E-state index in [1.54, 1.807) is 14.2 Å². The predicted octanol–water partition coefficient (Wildman–Crippen LogP) is 3.10. The SMILES string of the molecule is COc1ccc(C(C)NC(=O)CCc2ccccc2N)cc1OC. The molecule has 2 rings (SSSR count). The van der Waals surface area contributed by atoms with Crippen LogP contribution in [-0.4, -0.2) is 20.1 Å². The first-order chi connectivity index (χ1) is 11.5. The summed E-state index contributed by atoms with van der Waals surface area (Å²) in [6.45, 7) is 1.94. The second-order valence-electron chi connectivity index (χ2n) is 5.60. The summed E-state index contributed by atoms with van der Waals surface area (Å²) in [6.07, 6.45) is 1.02. The predicted molar refractivity (Wildman–Crippen MR) is 95.3 cm³/mol. The van der Waals surface area contributed by atoms with E-state index in [9.17, 15) is 4.79 Å². The third kappa shape index (κ3) is 4.41. The van der Waals surface area contributed by atoms with E-state index in [1.165, 1.54) is 0 Å². The van der Waals surface area contributed by atoms with Gasteiger partial charge in [-0.2, -0.15) is 0 Å². The van der Waals surface area contributed by atoms with Gasteiger partial charge in [0.2, 0.25) is 5.91 Å². The van der Waals surface area contributed by atoms with Gasteiger partial charge in [-0.05, 0) is 42.7 Å². The average molecular weight is 328 g/mol. The van der Waals surface area contributed by atoms with E-state index in [1.807, 2.05) is 49.4 Å². The number of aryl methyl sites for hydroxylation is 1. The second kappa shape index (κ2) is 8.24. The van der Waals surface area contributed by atoms with Crippen LogP contribution in [0.4, 0.5) is 5.69 Å². The molecule has 0 spiro atoms. The molecule has 0 fully saturated rings. The van der Waals surface area contributed by atoms with Gasteiger partial charge in [-0.15, -0.1) is 0 Å². The molecule has 0 aliphatic heterocycles. The van der Waals surface area contributed by atoms with Gasteiger partial charge in [0, 0.05) is 12.1 Å². The highest BCUT2D eigenvalue weighted by molar-refractivity contribution is 5.77. The standard InChI is InChI=1S/C19H24N2O3/c1-13(15-8-10-17(23-2)18(12-15)24-3)21-19(22)11-9-14-6-4-5-7-16(14)20/h4-8,10,12-13H,9,11,20H2,1-3H3,(H,21,22). The summed E-state index contributed by atoms with van der Waals surface area (Å²) in [4.78, 5) is 12.2. The van der Waals surface area contributed by atoms with Crippen molar-refractivity contribution >= 4 is 11.6 Å². The van der Waals surface area contributed by atoms with Gasteiger partial charge in [-0.3, -0.25) is 4.79 Å². The summed E-state index contributed by atoms with van der Waals surface area (Å²) >= 11 is 0. The maximum Gasteiger partial charge on any atom is 0.220 e. The number of benzene rings is 2. The van der Waals surface area contributed by atoms with Gasteiger partial charge < -0.3 is 20.5 Å². The van der Waals surface area contributed by atoms with Crippen LogP contribution >= 0.6 is 0 Å². The van der Waals surface area contributed by atoms with Crippen LogP contribution in [0.5, 0.6) is 11.5 Å². The van der Waals surface area contributed by atoms with Gasteiger partial charge in [-0.25, -0.2) is 0 Å². The minimum atomic E-state index is -0.120. The number of carbonyl (C=O) groups excluding carboxylic acids is 1. The number of nitrogens with two attached hydrogens (primary N) is 1. The molecule has 1 atom stereocenters. The molecule has 2 aromatic carbocycles. The van der Waals surface area contributed by atoms with E-state index < -0.39 is 0 Å². The van der Waals surface area contributed by atoms with Crippen molar-refractivity contribution in [2.24, 2.45) is 0 Å². The van der Waals surface area contributed by atoms with Gasteiger partial charge in [0.1, 0.15) is 0 Å². The fraction of sp³-hybridized carbons (Fsp3) is 0.316. The minimum absolute atomic E-state index is 0.0134. The lowest BCUT2D eigenvalue weighted by Crippen LogP contribution is -2.26. The molecule has 5 nitrogen and oxygen atoms in total. The Bertz CT molecular complexity index is 701. The van der Waals surface area contributed by atoms with Crippen molar-refractivity contribution in [3.63, 3.8) is 0 Å². The van der Waals surface area contributed by atoms with Crippen molar-refractivity contribution in [1.29, 1.82) is 0 Å². The number of nitrogen functional groups attached to an aromatic ring is 1. The van der Waals surface area contributed by atoms with Crippen molar-refractivity contribution in [1.82, 2.24) is 5.32 Å². The molecule has 3 N–H and O–H groups in total. The lowest BCUT2D eigenvalue weighted by Gasteiger charge is -2.16. The first-order valence-electron chi connectivity index (χ1n) is 7.89. The van der Waals surface area contributed by atoms with E-state index in [2.05, 4.69) is 5.32 Å². The molecule has 0 saturated carbocycles. The normalized spacial score (nSPS) is 11.6. The number of amides is 1. The summed E-state index contributed by atoms with van der Waals surface area (Å²) in [7, 11) is 3.19. The number of methoxy groups -OCH3 is 2. The van der Waals surface area contributed by atoms with Crippen molar-refractivity contribution in [3.8, 4) is 11.5 Å². The molecule has 0 aliphatic carbocycles. The van der Waals surface area contributed by atoms with Crippen LogP contribution in [0.15, 0.2) is 42.5 Å². The average Bonchev–Trinajstić information content (AvgIpc) is 2.60. The Morgan fingerprint density at radius 3 is 2.50 bits per heavy atom. The van der Waals surface area contributed by atoms with E-state index in [-0.39, 0.29) is 11.9 Å². The molecule has 1 amide bonds. The molecule has 0 aliphatic rings. The van der Waals surface area contributed by atoms with Gasteiger partial charge in [0.25, 0.3) is 0 Å². The van der Waals surface area contributed by atoms with Crippen molar-refractivity contribution < 1.29 is 14.3 Å². The zero-order valence-corrected chi connectivity index (χ0v) is 14.3. The lowest BCUT2D eigenvalue weighted by molar-refractivity contribution is -0.121. The van der Waals surface area contributed by atoms with Crippen LogP contribution in [-0.2, 0) is 11.2 Å². The molecular weight excluding hydrogens is 304 g/mol. The molecule has 0 saturated heterocycles. The summed E-state index contributed by atoms with van der Waals surface area (Å²) in [5, 5.41) is 3.00. The van der Waals surface area contributed by atoms with Crippen LogP contribution in [0.3, 0.4) is 0 Å². The Balaban J connectivity index is 1.95. The maximum absolute atomic E-state index is 12.2. The Kier molecular flexibility index (Phi) is 6.07. The third-order valence-corrected chi connectivity index (χ3v) is 3.96. The second-order valence-corrected chi connectivity index (χ2v) is 5.60. The zero-order chi connectivity index (χ0) is 17.5. The molecule has 0 bridgehead atoms. The molecule has 2 aromatic rings. The maximum atomic E-state index is 12.2. The van der Waals surface area contributed by atoms with Crippen molar-refractivity contribution in [3.05, 3.63) is 53.6 Å². The van der Waals surface area contributed by atoms with Crippen LogP contribution in [0.25, 0.3) is 0 Å². The Morgan fingerprint density at radius 2 is 1.83 bits per heavy atom. The van der Waals surface area contributed by atoms with E-state index in [0.717, 1.165) is 16.8 Å². The van der Waals surface area contributed by atoms with Gasteiger partial charge >= 0.3 is 0 Å². The topological polar surface area (TPSA) is 73.6 Å². The smallest absolute Gasteiger partial charge is 0.220 e. The fourth-order valence-electron chi connectivity index (χ4n) is 2.53. The van der Waals surface area contributed by atoms with Crippen LogP contribution in [0.2, 0.25) is 0 Å². The molecule has 128 valence electrons. The summed E-state index contributed by atoms with van der Waals surface area (Å²) in [5.74, 6) is 1.30. The van der Waals surface area contributed by atoms with E-state index in [4.69, 9.17) is 15.2 Å². The molecule has 5 heteroatoms. The monoisotopic (exact) mass is 328 g/mol. The summed E-state index contributed by atoms with van der Waals surface area (Å²) in [6, 6.07) is 13.1. The van der Waals surface area contributed by atoms with E-state index in [0.29, 0.717) is 24.3 Å². The van der Waals surface area contributed by atoms with Gasteiger partial charge in [-0.1, -0.05) is 24.3 Å². The highest BCUT2D eigenvalue weighted by Crippen LogP contribution is 2.29. The van der Waals surface area contributed by atoms with Crippen LogP contribution in [0.1, 0.15) is 30.5 Å². The lowest BCUT2D eigenvalue weighted by atomic mass is 10.1. The Hall–Kier alpha value is -2.69. The zero-order valence-electron chi connectivity index (χ0n) is 14.3. The number of ether oxygens (including phenoxy) is 2. The molecule has 0 heterocycles. The molecular formula is C19H24N2O3. The van der Waals surface area contributed by atoms with Crippen molar-refractivity contribution in [2.75, 3.05) is 20.0 Å². The third-order valence-electron chi connectivity index (χ3n) is 3.96. The molecule has 1 unspecified atom stereocenters. The number of rotatable bonds is 7. The largest absolute Gasteiger partial charge is 0.493 e. The highest BCUT2D eigenvalue weighted by atomic mass is 16.5. The number of hydrogen-bond acceptors (Lipinski definition) is 4. The molecule has 24 heavy (non-hydrogen) atoms. The number of carbonyl (C=O) groups is 1. The van der Waals surface area contributed by atoms with Crippen LogP contribution in [0, 0.1) is 0 Å². The summed E-state index contributed by atoms with van der Waals surface area (Å²) in [5.41, 5.74) is 8.57. The number of hydrogen-bond donors (Lipinski definition) is 2. The van der Waals surface area contributed by atoms with Crippen molar-refractivity contribution in [2.45, 2.75) is 25.8 Å². The number of nitrogens with one attached hydrogen (secondary N) is 1. The number of para-hydroxylation sites is 1. The first-order valence-corrected chi connectivity index (χ1v) is 7.89. The molecule has 0 radical (unpaired) electrons. The number of anilines is 1.